The molecule has 0 saturated carbocycles. The molecule has 0 bridgehead atoms. The van der Waals surface area contributed by atoms with Crippen LogP contribution in [0.3, 0.4) is 0 Å². The van der Waals surface area contributed by atoms with Crippen molar-refractivity contribution in [3.63, 3.8) is 0 Å². The van der Waals surface area contributed by atoms with Gasteiger partial charge in [0.2, 0.25) is 11.8 Å². The number of carbonyl (C=O) groups excluding carboxylic acids is 4. The van der Waals surface area contributed by atoms with Gasteiger partial charge in [-0.05, 0) is 30.7 Å². The molecule has 168 valence electrons. The second kappa shape index (κ2) is 10.9. The van der Waals surface area contributed by atoms with E-state index in [2.05, 4.69) is 15.4 Å². The number of anilines is 2. The van der Waals surface area contributed by atoms with Crippen LogP contribution in [0.1, 0.15) is 33.5 Å². The maximum Gasteiger partial charge on any atom is 0.315 e. The number of esters is 1. The molecule has 7 heteroatoms. The first-order chi connectivity index (χ1) is 15.9. The topological polar surface area (TPSA) is 102 Å². The molecule has 0 radical (unpaired) electrons. The fourth-order valence-corrected chi connectivity index (χ4v) is 3.16. The fraction of sp³-hybridized carbons (Fsp3) is 0.154. The number of amides is 2. The zero-order valence-corrected chi connectivity index (χ0v) is 18.4. The molecule has 0 atom stereocenters. The Hall–Kier alpha value is -4.26. The van der Waals surface area contributed by atoms with Gasteiger partial charge in [-0.1, -0.05) is 60.2 Å². The molecule has 0 saturated heterocycles. The smallest absolute Gasteiger partial charge is 0.315 e. The molecule has 3 aromatic carbocycles. The quantitative estimate of drug-likeness (QED) is 0.312. The highest BCUT2D eigenvalue weighted by Crippen LogP contribution is 2.24. The average molecular weight is 444 g/mol. The van der Waals surface area contributed by atoms with Crippen LogP contribution in [0.25, 0.3) is 0 Å². The summed E-state index contributed by atoms with van der Waals surface area (Å²) >= 11 is 0. The number of ketones is 1. The van der Waals surface area contributed by atoms with Gasteiger partial charge in [-0.25, -0.2) is 0 Å². The highest BCUT2D eigenvalue weighted by Gasteiger charge is 2.18. The summed E-state index contributed by atoms with van der Waals surface area (Å²) in [6, 6.07) is 20.8. The van der Waals surface area contributed by atoms with Crippen molar-refractivity contribution in [1.82, 2.24) is 0 Å². The number of benzene rings is 3. The first-order valence-electron chi connectivity index (χ1n) is 10.3. The van der Waals surface area contributed by atoms with E-state index in [1.165, 1.54) is 13.2 Å². The molecule has 0 heterocycles. The van der Waals surface area contributed by atoms with Crippen LogP contribution in [0, 0.1) is 6.92 Å². The SMILES string of the molecule is COC(=O)CC(=O)Nc1ccc(NC(=O)Cc2ccc(C)cc2)c(C(=O)c2ccccc2)c1. The first kappa shape index (κ1) is 23.4. The number of nitrogens with one attached hydrogen (secondary N) is 2. The summed E-state index contributed by atoms with van der Waals surface area (Å²) in [7, 11) is 1.19. The number of aryl methyl sites for hydroxylation is 1. The molecule has 2 N–H and O–H groups in total. The van der Waals surface area contributed by atoms with Crippen LogP contribution in [0.2, 0.25) is 0 Å². The van der Waals surface area contributed by atoms with Crippen molar-refractivity contribution in [3.05, 3.63) is 95.1 Å². The zero-order valence-electron chi connectivity index (χ0n) is 18.4. The standard InChI is InChI=1S/C26H24N2O5/c1-17-8-10-18(11-9-17)14-23(29)28-22-13-12-20(27-24(30)16-25(31)33-2)15-21(22)26(32)19-6-4-3-5-7-19/h3-13,15H,14,16H2,1-2H3,(H,27,30)(H,28,29). The zero-order chi connectivity index (χ0) is 23.8. The van der Waals surface area contributed by atoms with E-state index >= 15 is 0 Å². The minimum Gasteiger partial charge on any atom is -0.469 e. The molecular weight excluding hydrogens is 420 g/mol. The normalized spacial score (nSPS) is 10.2. The summed E-state index contributed by atoms with van der Waals surface area (Å²) in [5.74, 6) is -1.84. The third-order valence-electron chi connectivity index (χ3n) is 4.88. The molecule has 7 nitrogen and oxygen atoms in total. The lowest BCUT2D eigenvalue weighted by molar-refractivity contribution is -0.142. The van der Waals surface area contributed by atoms with Crippen molar-refractivity contribution < 1.29 is 23.9 Å². The summed E-state index contributed by atoms with van der Waals surface area (Å²) in [4.78, 5) is 49.2. The van der Waals surface area contributed by atoms with Crippen LogP contribution >= 0.6 is 0 Å². The Morgan fingerprint density at radius 2 is 1.52 bits per heavy atom. The maximum atomic E-state index is 13.2. The highest BCUT2D eigenvalue weighted by molar-refractivity contribution is 6.15. The van der Waals surface area contributed by atoms with E-state index in [-0.39, 0.29) is 23.7 Å². The van der Waals surface area contributed by atoms with Crippen LogP contribution in [0.15, 0.2) is 72.8 Å². The number of hydrogen-bond acceptors (Lipinski definition) is 5. The third-order valence-corrected chi connectivity index (χ3v) is 4.88. The summed E-state index contributed by atoms with van der Waals surface area (Å²) in [6.45, 7) is 1.97. The number of methoxy groups -OCH3 is 1. The summed E-state index contributed by atoms with van der Waals surface area (Å²) < 4.78 is 4.50. The molecule has 0 aliphatic carbocycles. The molecule has 33 heavy (non-hydrogen) atoms. The van der Waals surface area contributed by atoms with E-state index in [0.29, 0.717) is 16.9 Å². The van der Waals surface area contributed by atoms with Gasteiger partial charge in [0, 0.05) is 16.8 Å². The highest BCUT2D eigenvalue weighted by atomic mass is 16.5. The Balaban J connectivity index is 1.85. The minimum absolute atomic E-state index is 0.150. The monoisotopic (exact) mass is 444 g/mol. The van der Waals surface area contributed by atoms with E-state index in [0.717, 1.165) is 11.1 Å². The molecule has 2 amide bonds. The lowest BCUT2D eigenvalue weighted by atomic mass is 10.0. The molecule has 0 unspecified atom stereocenters. The predicted molar refractivity (Wildman–Crippen MR) is 125 cm³/mol. The largest absolute Gasteiger partial charge is 0.469 e. The van der Waals surface area contributed by atoms with Crippen LogP contribution in [-0.4, -0.2) is 30.7 Å². The van der Waals surface area contributed by atoms with Gasteiger partial charge in [-0.15, -0.1) is 0 Å². The lowest BCUT2D eigenvalue weighted by Crippen LogP contribution is -2.19. The van der Waals surface area contributed by atoms with Crippen LogP contribution < -0.4 is 10.6 Å². The summed E-state index contributed by atoms with van der Waals surface area (Å²) in [5, 5.41) is 5.37. The van der Waals surface area contributed by atoms with Crippen LogP contribution in [0.5, 0.6) is 0 Å². The summed E-state index contributed by atoms with van der Waals surface area (Å²) in [6.07, 6.45) is -0.301. The number of rotatable bonds is 8. The molecule has 3 aromatic rings. The van der Waals surface area contributed by atoms with E-state index in [1.807, 2.05) is 31.2 Å². The first-order valence-corrected chi connectivity index (χ1v) is 10.3. The van der Waals surface area contributed by atoms with Crippen LogP contribution in [0.4, 0.5) is 11.4 Å². The third kappa shape index (κ3) is 6.61. The van der Waals surface area contributed by atoms with Crippen molar-refractivity contribution in [2.45, 2.75) is 19.8 Å². The van der Waals surface area contributed by atoms with Gasteiger partial charge in [0.1, 0.15) is 6.42 Å². The average Bonchev–Trinajstić information content (AvgIpc) is 2.81. The van der Waals surface area contributed by atoms with Crippen LogP contribution in [-0.2, 0) is 25.5 Å². The molecule has 0 aliphatic heterocycles. The molecule has 0 fully saturated rings. The van der Waals surface area contributed by atoms with E-state index in [4.69, 9.17) is 0 Å². The fourth-order valence-electron chi connectivity index (χ4n) is 3.16. The van der Waals surface area contributed by atoms with Gasteiger partial charge >= 0.3 is 5.97 Å². The van der Waals surface area contributed by atoms with Gasteiger partial charge < -0.3 is 15.4 Å². The molecule has 0 spiro atoms. The summed E-state index contributed by atoms with van der Waals surface area (Å²) in [5.41, 5.74) is 3.24. The minimum atomic E-state index is -0.673. The van der Waals surface area contributed by atoms with Gasteiger partial charge in [-0.2, -0.15) is 0 Å². The Morgan fingerprint density at radius 3 is 2.18 bits per heavy atom. The lowest BCUT2D eigenvalue weighted by Gasteiger charge is -2.13. The number of ether oxygens (including phenoxy) is 1. The van der Waals surface area contributed by atoms with Gasteiger partial charge in [0.15, 0.2) is 5.78 Å². The molecule has 0 aliphatic rings. The second-order valence-corrected chi connectivity index (χ2v) is 7.47. The van der Waals surface area contributed by atoms with Gasteiger partial charge in [0.05, 0.1) is 19.2 Å². The second-order valence-electron chi connectivity index (χ2n) is 7.47. The van der Waals surface area contributed by atoms with Crippen molar-refractivity contribution in [2.24, 2.45) is 0 Å². The van der Waals surface area contributed by atoms with Crippen molar-refractivity contribution >= 4 is 34.9 Å². The Morgan fingerprint density at radius 1 is 0.818 bits per heavy atom. The van der Waals surface area contributed by atoms with Crippen molar-refractivity contribution in [2.75, 3.05) is 17.7 Å². The molecule has 3 rings (SSSR count). The van der Waals surface area contributed by atoms with E-state index in [1.54, 1.807) is 42.5 Å². The molecule has 0 aromatic heterocycles. The number of carbonyl (C=O) groups is 4. The Bertz CT molecular complexity index is 1170. The van der Waals surface area contributed by atoms with E-state index in [9.17, 15) is 19.2 Å². The Kier molecular flexibility index (Phi) is 7.70. The predicted octanol–water partition coefficient (Wildman–Crippen LogP) is 3.91. The van der Waals surface area contributed by atoms with Gasteiger partial charge in [0.25, 0.3) is 0 Å². The number of hydrogen-bond donors (Lipinski definition) is 2. The van der Waals surface area contributed by atoms with E-state index < -0.39 is 18.3 Å². The van der Waals surface area contributed by atoms with Crippen molar-refractivity contribution in [3.8, 4) is 0 Å². The van der Waals surface area contributed by atoms with Crippen molar-refractivity contribution in [1.29, 1.82) is 0 Å². The molecular formula is C26H24N2O5. The Labute approximate surface area is 191 Å². The van der Waals surface area contributed by atoms with Gasteiger partial charge in [-0.3, -0.25) is 19.2 Å². The maximum absolute atomic E-state index is 13.2.